The molecule has 0 saturated carbocycles. The SMILES string of the molecule is Cc1cccc(-n2nc(-c3ccc(Cl)cc3)c3c2NCCCC3)c1C. The molecule has 3 nitrogen and oxygen atoms in total. The quantitative estimate of drug-likeness (QED) is 0.655. The van der Waals surface area contributed by atoms with Crippen molar-refractivity contribution in [2.45, 2.75) is 33.1 Å². The lowest BCUT2D eigenvalue weighted by atomic mass is 10.0. The smallest absolute Gasteiger partial charge is 0.133 e. The van der Waals surface area contributed by atoms with Crippen LogP contribution in [-0.2, 0) is 6.42 Å². The molecule has 0 bridgehead atoms. The first kappa shape index (κ1) is 16.2. The fraction of sp³-hybridized carbons (Fsp3) is 0.286. The van der Waals surface area contributed by atoms with Gasteiger partial charge in [-0.2, -0.15) is 5.10 Å². The van der Waals surface area contributed by atoms with E-state index in [4.69, 9.17) is 16.7 Å². The van der Waals surface area contributed by atoms with Crippen molar-refractivity contribution >= 4 is 17.4 Å². The number of aryl methyl sites for hydroxylation is 1. The van der Waals surface area contributed by atoms with E-state index >= 15 is 0 Å². The number of hydrogen-bond acceptors (Lipinski definition) is 2. The van der Waals surface area contributed by atoms with Crippen LogP contribution < -0.4 is 5.32 Å². The molecular formula is C21H22ClN3. The molecule has 0 amide bonds. The second kappa shape index (κ2) is 6.57. The van der Waals surface area contributed by atoms with Gasteiger partial charge in [-0.15, -0.1) is 0 Å². The van der Waals surface area contributed by atoms with E-state index in [-0.39, 0.29) is 0 Å². The Bertz CT molecular complexity index is 910. The molecule has 4 heteroatoms. The van der Waals surface area contributed by atoms with Gasteiger partial charge in [0, 0.05) is 22.7 Å². The molecule has 4 rings (SSSR count). The van der Waals surface area contributed by atoms with Gasteiger partial charge in [-0.3, -0.25) is 0 Å². The van der Waals surface area contributed by atoms with Crippen LogP contribution in [0.4, 0.5) is 5.82 Å². The third-order valence-corrected chi connectivity index (χ3v) is 5.30. The minimum Gasteiger partial charge on any atom is -0.370 e. The summed E-state index contributed by atoms with van der Waals surface area (Å²) in [4.78, 5) is 0. The number of benzene rings is 2. The number of nitrogens with zero attached hydrogens (tertiary/aromatic N) is 2. The zero-order chi connectivity index (χ0) is 17.4. The van der Waals surface area contributed by atoms with E-state index < -0.39 is 0 Å². The molecule has 1 N–H and O–H groups in total. The van der Waals surface area contributed by atoms with Gasteiger partial charge in [0.2, 0.25) is 0 Å². The van der Waals surface area contributed by atoms with Crippen LogP contribution >= 0.6 is 11.6 Å². The molecule has 0 fully saturated rings. The van der Waals surface area contributed by atoms with Crippen LogP contribution in [0.15, 0.2) is 42.5 Å². The van der Waals surface area contributed by atoms with Crippen molar-refractivity contribution < 1.29 is 0 Å². The summed E-state index contributed by atoms with van der Waals surface area (Å²) in [6.45, 7) is 5.30. The first-order valence-electron chi connectivity index (χ1n) is 8.83. The number of nitrogens with one attached hydrogen (secondary N) is 1. The Balaban J connectivity index is 1.93. The average molecular weight is 352 g/mol. The Labute approximate surface area is 153 Å². The van der Waals surface area contributed by atoms with Crippen LogP contribution in [0.25, 0.3) is 16.9 Å². The molecule has 2 heterocycles. The van der Waals surface area contributed by atoms with Crippen molar-refractivity contribution in [2.75, 3.05) is 11.9 Å². The van der Waals surface area contributed by atoms with Gasteiger partial charge in [0.25, 0.3) is 0 Å². The highest BCUT2D eigenvalue weighted by atomic mass is 35.5. The molecule has 1 aliphatic rings. The Kier molecular flexibility index (Phi) is 4.26. The zero-order valence-electron chi connectivity index (χ0n) is 14.6. The molecule has 0 radical (unpaired) electrons. The molecule has 1 aliphatic heterocycles. The van der Waals surface area contributed by atoms with E-state index in [1.54, 1.807) is 0 Å². The normalized spacial score (nSPS) is 13.9. The molecule has 0 saturated heterocycles. The summed E-state index contributed by atoms with van der Waals surface area (Å²) in [7, 11) is 0. The van der Waals surface area contributed by atoms with Gasteiger partial charge in [0.15, 0.2) is 0 Å². The molecule has 2 aromatic carbocycles. The Morgan fingerprint density at radius 1 is 1.04 bits per heavy atom. The predicted octanol–water partition coefficient (Wildman–Crippen LogP) is 5.56. The van der Waals surface area contributed by atoms with Gasteiger partial charge in [-0.1, -0.05) is 35.9 Å². The van der Waals surface area contributed by atoms with Crippen LogP contribution in [-0.4, -0.2) is 16.3 Å². The average Bonchev–Trinajstić information content (AvgIpc) is 2.80. The summed E-state index contributed by atoms with van der Waals surface area (Å²) in [6, 6.07) is 14.4. The highest BCUT2D eigenvalue weighted by molar-refractivity contribution is 6.30. The first-order valence-corrected chi connectivity index (χ1v) is 9.21. The Morgan fingerprint density at radius 2 is 1.84 bits per heavy atom. The van der Waals surface area contributed by atoms with Crippen molar-refractivity contribution in [3.05, 3.63) is 64.2 Å². The maximum atomic E-state index is 6.07. The van der Waals surface area contributed by atoms with Gasteiger partial charge < -0.3 is 5.32 Å². The third kappa shape index (κ3) is 2.93. The lowest BCUT2D eigenvalue weighted by Crippen LogP contribution is -2.08. The number of rotatable bonds is 2. The Hall–Kier alpha value is -2.26. The minimum atomic E-state index is 0.752. The Morgan fingerprint density at radius 3 is 2.64 bits per heavy atom. The van der Waals surface area contributed by atoms with E-state index in [1.807, 2.05) is 12.1 Å². The second-order valence-electron chi connectivity index (χ2n) is 6.70. The van der Waals surface area contributed by atoms with Gasteiger partial charge in [-0.25, -0.2) is 4.68 Å². The fourth-order valence-corrected chi connectivity index (χ4v) is 3.61. The summed E-state index contributed by atoms with van der Waals surface area (Å²) in [5, 5.41) is 9.38. The summed E-state index contributed by atoms with van der Waals surface area (Å²) >= 11 is 6.07. The standard InChI is InChI=1S/C21H22ClN3/c1-14-6-5-8-19(15(14)2)25-21-18(7-3-4-13-23-21)20(24-25)16-9-11-17(22)12-10-16/h5-6,8-12,23H,3-4,7,13H2,1-2H3. The van der Waals surface area contributed by atoms with Crippen molar-refractivity contribution in [3.8, 4) is 16.9 Å². The molecule has 128 valence electrons. The highest BCUT2D eigenvalue weighted by Crippen LogP contribution is 2.35. The van der Waals surface area contributed by atoms with Crippen molar-refractivity contribution in [2.24, 2.45) is 0 Å². The predicted molar refractivity (Wildman–Crippen MR) is 105 cm³/mol. The minimum absolute atomic E-state index is 0.752. The maximum absolute atomic E-state index is 6.07. The van der Waals surface area contributed by atoms with Crippen molar-refractivity contribution in [3.63, 3.8) is 0 Å². The van der Waals surface area contributed by atoms with Crippen LogP contribution in [0.1, 0.15) is 29.5 Å². The number of fused-ring (bicyclic) bond motifs is 1. The van der Waals surface area contributed by atoms with Crippen LogP contribution in [0, 0.1) is 13.8 Å². The van der Waals surface area contributed by atoms with E-state index in [0.29, 0.717) is 0 Å². The maximum Gasteiger partial charge on any atom is 0.133 e. The van der Waals surface area contributed by atoms with Gasteiger partial charge >= 0.3 is 0 Å². The topological polar surface area (TPSA) is 29.9 Å². The van der Waals surface area contributed by atoms with Crippen molar-refractivity contribution in [1.82, 2.24) is 9.78 Å². The van der Waals surface area contributed by atoms with Crippen molar-refractivity contribution in [1.29, 1.82) is 0 Å². The summed E-state index contributed by atoms with van der Waals surface area (Å²) in [5.41, 5.74) is 7.17. The van der Waals surface area contributed by atoms with E-state index in [0.717, 1.165) is 40.8 Å². The molecule has 0 spiro atoms. The highest BCUT2D eigenvalue weighted by Gasteiger charge is 2.22. The summed E-state index contributed by atoms with van der Waals surface area (Å²) in [5.74, 6) is 1.14. The van der Waals surface area contributed by atoms with E-state index in [2.05, 4.69) is 54.2 Å². The molecule has 0 unspecified atom stereocenters. The molecular weight excluding hydrogens is 330 g/mol. The lowest BCUT2D eigenvalue weighted by Gasteiger charge is -2.13. The lowest BCUT2D eigenvalue weighted by molar-refractivity contribution is 0.779. The number of aromatic nitrogens is 2. The molecule has 0 atom stereocenters. The van der Waals surface area contributed by atoms with Crippen LogP contribution in [0.3, 0.4) is 0 Å². The summed E-state index contributed by atoms with van der Waals surface area (Å²) < 4.78 is 2.09. The largest absolute Gasteiger partial charge is 0.370 e. The monoisotopic (exact) mass is 351 g/mol. The first-order chi connectivity index (χ1) is 12.1. The zero-order valence-corrected chi connectivity index (χ0v) is 15.4. The number of hydrogen-bond donors (Lipinski definition) is 1. The van der Waals surface area contributed by atoms with Gasteiger partial charge in [-0.05, 0) is 62.4 Å². The van der Waals surface area contributed by atoms with Gasteiger partial charge in [0.05, 0.1) is 11.4 Å². The number of halogens is 1. The van der Waals surface area contributed by atoms with E-state index in [9.17, 15) is 0 Å². The van der Waals surface area contributed by atoms with Crippen LogP contribution in [0.5, 0.6) is 0 Å². The number of anilines is 1. The third-order valence-electron chi connectivity index (χ3n) is 5.05. The molecule has 0 aliphatic carbocycles. The fourth-order valence-electron chi connectivity index (χ4n) is 3.48. The molecule has 1 aromatic heterocycles. The summed E-state index contributed by atoms with van der Waals surface area (Å²) in [6.07, 6.45) is 3.41. The second-order valence-corrected chi connectivity index (χ2v) is 7.13. The van der Waals surface area contributed by atoms with E-state index in [1.165, 1.54) is 29.5 Å². The molecule has 25 heavy (non-hydrogen) atoms. The molecule has 3 aromatic rings. The van der Waals surface area contributed by atoms with Crippen LogP contribution in [0.2, 0.25) is 5.02 Å². The van der Waals surface area contributed by atoms with Gasteiger partial charge in [0.1, 0.15) is 5.82 Å².